The molecule has 0 aromatic heterocycles. The SMILES string of the molecule is CC1Cc2cc(S(=O)(=O)NCCCN)cc(Cl)c2O1.Cl. The minimum atomic E-state index is -3.54. The van der Waals surface area contributed by atoms with Gasteiger partial charge in [-0.15, -0.1) is 12.4 Å². The van der Waals surface area contributed by atoms with Gasteiger partial charge in [-0.3, -0.25) is 0 Å². The van der Waals surface area contributed by atoms with Crippen LogP contribution in [0.25, 0.3) is 0 Å². The highest BCUT2D eigenvalue weighted by molar-refractivity contribution is 7.89. The Morgan fingerprint density at radius 1 is 1.50 bits per heavy atom. The molecule has 1 aliphatic heterocycles. The molecule has 2 rings (SSSR count). The first-order valence-corrected chi connectivity index (χ1v) is 7.99. The van der Waals surface area contributed by atoms with Crippen LogP contribution in [0.1, 0.15) is 18.9 Å². The largest absolute Gasteiger partial charge is 0.489 e. The lowest BCUT2D eigenvalue weighted by atomic mass is 10.1. The second-order valence-corrected chi connectivity index (χ2v) is 6.74. The third kappa shape index (κ3) is 3.77. The van der Waals surface area contributed by atoms with Gasteiger partial charge in [0.1, 0.15) is 11.9 Å². The third-order valence-electron chi connectivity index (χ3n) is 2.90. The average Bonchev–Trinajstić information content (AvgIpc) is 2.70. The summed E-state index contributed by atoms with van der Waals surface area (Å²) in [7, 11) is -3.54. The van der Waals surface area contributed by atoms with E-state index >= 15 is 0 Å². The topological polar surface area (TPSA) is 81.4 Å². The van der Waals surface area contributed by atoms with Gasteiger partial charge in [0, 0.05) is 18.5 Å². The second kappa shape index (κ2) is 6.95. The molecule has 0 fully saturated rings. The van der Waals surface area contributed by atoms with Crippen molar-refractivity contribution in [2.75, 3.05) is 13.1 Å². The smallest absolute Gasteiger partial charge is 0.240 e. The molecule has 0 bridgehead atoms. The maximum atomic E-state index is 12.1. The zero-order valence-electron chi connectivity index (χ0n) is 11.1. The van der Waals surface area contributed by atoms with Crippen LogP contribution in [-0.2, 0) is 16.4 Å². The van der Waals surface area contributed by atoms with Crippen molar-refractivity contribution in [2.24, 2.45) is 5.73 Å². The van der Waals surface area contributed by atoms with Crippen LogP contribution in [0.5, 0.6) is 5.75 Å². The van der Waals surface area contributed by atoms with Crippen LogP contribution in [0.3, 0.4) is 0 Å². The Morgan fingerprint density at radius 2 is 2.20 bits per heavy atom. The van der Waals surface area contributed by atoms with E-state index in [9.17, 15) is 8.42 Å². The standard InChI is InChI=1S/C12H17ClN2O3S.ClH/c1-8-5-9-6-10(7-11(13)12(9)18-8)19(16,17)15-4-2-3-14;/h6-8,15H,2-5,14H2,1H3;1H. The summed E-state index contributed by atoms with van der Waals surface area (Å²) < 4.78 is 32.2. The molecule has 1 aliphatic rings. The molecule has 1 heterocycles. The van der Waals surface area contributed by atoms with E-state index in [0.717, 1.165) is 5.56 Å². The number of nitrogens with one attached hydrogen (secondary N) is 1. The third-order valence-corrected chi connectivity index (χ3v) is 4.62. The molecule has 1 aromatic carbocycles. The minimum absolute atomic E-state index is 0. The molecule has 0 saturated carbocycles. The first-order valence-electron chi connectivity index (χ1n) is 6.13. The zero-order valence-corrected chi connectivity index (χ0v) is 13.4. The number of sulfonamides is 1. The summed E-state index contributed by atoms with van der Waals surface area (Å²) in [5.41, 5.74) is 6.17. The van der Waals surface area contributed by atoms with Gasteiger partial charge in [-0.25, -0.2) is 13.1 Å². The molecule has 1 aromatic rings. The van der Waals surface area contributed by atoms with Gasteiger partial charge >= 0.3 is 0 Å². The molecule has 114 valence electrons. The van der Waals surface area contributed by atoms with Gasteiger partial charge < -0.3 is 10.5 Å². The van der Waals surface area contributed by atoms with Crippen LogP contribution in [0.2, 0.25) is 5.02 Å². The Kier molecular flexibility index (Phi) is 6.09. The van der Waals surface area contributed by atoms with Crippen molar-refractivity contribution >= 4 is 34.0 Å². The van der Waals surface area contributed by atoms with E-state index < -0.39 is 10.0 Å². The molecule has 1 atom stereocenters. The number of fused-ring (bicyclic) bond motifs is 1. The summed E-state index contributed by atoms with van der Waals surface area (Å²) in [5.74, 6) is 0.593. The summed E-state index contributed by atoms with van der Waals surface area (Å²) in [6.45, 7) is 2.68. The lowest BCUT2D eigenvalue weighted by Gasteiger charge is -2.09. The first kappa shape index (κ1) is 17.5. The van der Waals surface area contributed by atoms with E-state index in [1.807, 2.05) is 6.92 Å². The van der Waals surface area contributed by atoms with E-state index in [1.54, 1.807) is 6.07 Å². The van der Waals surface area contributed by atoms with Crippen molar-refractivity contribution in [1.82, 2.24) is 4.72 Å². The lowest BCUT2D eigenvalue weighted by molar-refractivity contribution is 0.255. The molecule has 5 nitrogen and oxygen atoms in total. The van der Waals surface area contributed by atoms with Crippen molar-refractivity contribution in [3.05, 3.63) is 22.7 Å². The number of halogens is 2. The molecular weight excluding hydrogens is 323 g/mol. The summed E-state index contributed by atoms with van der Waals surface area (Å²) in [4.78, 5) is 0.172. The van der Waals surface area contributed by atoms with E-state index in [0.29, 0.717) is 36.7 Å². The lowest BCUT2D eigenvalue weighted by Crippen LogP contribution is -2.26. The van der Waals surface area contributed by atoms with E-state index in [1.165, 1.54) is 6.07 Å². The number of ether oxygens (including phenoxy) is 1. The fraction of sp³-hybridized carbons (Fsp3) is 0.500. The van der Waals surface area contributed by atoms with Gasteiger partial charge in [0.2, 0.25) is 10.0 Å². The van der Waals surface area contributed by atoms with Crippen LogP contribution in [0.15, 0.2) is 17.0 Å². The van der Waals surface area contributed by atoms with Crippen LogP contribution < -0.4 is 15.2 Å². The van der Waals surface area contributed by atoms with Crippen LogP contribution in [-0.4, -0.2) is 27.6 Å². The fourth-order valence-corrected chi connectivity index (χ4v) is 3.50. The van der Waals surface area contributed by atoms with Crippen LogP contribution >= 0.6 is 24.0 Å². The average molecular weight is 341 g/mol. The summed E-state index contributed by atoms with van der Waals surface area (Å²) in [5, 5.41) is 0.334. The number of hydrogen-bond acceptors (Lipinski definition) is 4. The first-order chi connectivity index (χ1) is 8.94. The minimum Gasteiger partial charge on any atom is -0.489 e. The number of nitrogens with two attached hydrogens (primary N) is 1. The Morgan fingerprint density at radius 3 is 2.85 bits per heavy atom. The normalized spacial score (nSPS) is 17.2. The number of hydrogen-bond donors (Lipinski definition) is 2. The van der Waals surface area contributed by atoms with Gasteiger partial charge in [-0.2, -0.15) is 0 Å². The maximum Gasteiger partial charge on any atom is 0.240 e. The molecule has 8 heteroatoms. The van der Waals surface area contributed by atoms with Crippen molar-refractivity contribution in [1.29, 1.82) is 0 Å². The highest BCUT2D eigenvalue weighted by atomic mass is 35.5. The Hall–Kier alpha value is -0.530. The summed E-state index contributed by atoms with van der Waals surface area (Å²) in [6.07, 6.45) is 1.29. The molecular formula is C12H18Cl2N2O3S. The van der Waals surface area contributed by atoms with Gasteiger partial charge in [-0.1, -0.05) is 11.6 Å². The second-order valence-electron chi connectivity index (χ2n) is 4.57. The van der Waals surface area contributed by atoms with Gasteiger partial charge in [-0.05, 0) is 32.0 Å². The highest BCUT2D eigenvalue weighted by Gasteiger charge is 2.25. The quantitative estimate of drug-likeness (QED) is 0.799. The molecule has 0 aliphatic carbocycles. The monoisotopic (exact) mass is 340 g/mol. The molecule has 0 amide bonds. The number of benzene rings is 1. The van der Waals surface area contributed by atoms with Crippen molar-refractivity contribution < 1.29 is 13.2 Å². The predicted octanol–water partition coefficient (Wildman–Crippen LogP) is 1.71. The molecule has 0 spiro atoms. The summed E-state index contributed by atoms with van der Waals surface area (Å²) >= 11 is 6.07. The molecule has 1 unspecified atom stereocenters. The molecule has 20 heavy (non-hydrogen) atoms. The van der Waals surface area contributed by atoms with Crippen LogP contribution in [0.4, 0.5) is 0 Å². The van der Waals surface area contributed by atoms with Crippen LogP contribution in [0, 0.1) is 0 Å². The Bertz CT molecular complexity index is 578. The van der Waals surface area contributed by atoms with Crippen molar-refractivity contribution in [3.63, 3.8) is 0 Å². The zero-order chi connectivity index (χ0) is 14.0. The van der Waals surface area contributed by atoms with Gasteiger partial charge in [0.25, 0.3) is 0 Å². The molecule has 0 radical (unpaired) electrons. The molecule has 3 N–H and O–H groups in total. The van der Waals surface area contributed by atoms with Crippen molar-refractivity contribution in [2.45, 2.75) is 30.8 Å². The maximum absolute atomic E-state index is 12.1. The predicted molar refractivity (Wildman–Crippen MR) is 81.4 cm³/mol. The summed E-state index contributed by atoms with van der Waals surface area (Å²) in [6, 6.07) is 3.04. The highest BCUT2D eigenvalue weighted by Crippen LogP contribution is 2.37. The van der Waals surface area contributed by atoms with Gasteiger partial charge in [0.15, 0.2) is 0 Å². The fourth-order valence-electron chi connectivity index (χ4n) is 2.01. The Labute approximate surface area is 130 Å². The van der Waals surface area contributed by atoms with E-state index in [4.69, 9.17) is 22.1 Å². The van der Waals surface area contributed by atoms with Crippen molar-refractivity contribution in [3.8, 4) is 5.75 Å². The molecule has 0 saturated heterocycles. The Balaban J connectivity index is 0.00000200. The van der Waals surface area contributed by atoms with E-state index in [-0.39, 0.29) is 23.4 Å². The number of rotatable bonds is 5. The van der Waals surface area contributed by atoms with Gasteiger partial charge in [0.05, 0.1) is 9.92 Å². The van der Waals surface area contributed by atoms with E-state index in [2.05, 4.69) is 4.72 Å².